The van der Waals surface area contributed by atoms with Gasteiger partial charge in [-0.2, -0.15) is 11.8 Å². The first-order valence-corrected chi connectivity index (χ1v) is 6.25. The smallest absolute Gasteiger partial charge is 0.226 e. The fourth-order valence-electron chi connectivity index (χ4n) is 1.72. The molecule has 0 bridgehead atoms. The zero-order valence-corrected chi connectivity index (χ0v) is 10.1. The van der Waals surface area contributed by atoms with Crippen LogP contribution in [-0.2, 0) is 4.79 Å². The minimum Gasteiger partial charge on any atom is -0.341 e. The summed E-state index contributed by atoms with van der Waals surface area (Å²) in [7, 11) is 1.89. The summed E-state index contributed by atoms with van der Waals surface area (Å²) < 4.78 is 0. The van der Waals surface area contributed by atoms with Crippen LogP contribution in [0.4, 0.5) is 0 Å². The topological polar surface area (TPSA) is 32.3 Å². The van der Waals surface area contributed by atoms with Crippen molar-refractivity contribution >= 4 is 17.7 Å². The van der Waals surface area contributed by atoms with E-state index in [2.05, 4.69) is 12.2 Å². The van der Waals surface area contributed by atoms with E-state index < -0.39 is 0 Å². The number of amides is 1. The number of rotatable bonds is 3. The van der Waals surface area contributed by atoms with Crippen LogP contribution in [0.25, 0.3) is 0 Å². The van der Waals surface area contributed by atoms with Gasteiger partial charge in [-0.3, -0.25) is 4.79 Å². The zero-order chi connectivity index (χ0) is 10.6. The summed E-state index contributed by atoms with van der Waals surface area (Å²) >= 11 is 1.95. The summed E-state index contributed by atoms with van der Waals surface area (Å²) in [6.07, 6.45) is 0. The molecule has 14 heavy (non-hydrogen) atoms. The SMILES string of the molecule is CNCC(C)C(=O)N1CCSC(C)C1. The first kappa shape index (κ1) is 11.9. The van der Waals surface area contributed by atoms with Crippen molar-refractivity contribution < 1.29 is 4.79 Å². The lowest BCUT2D eigenvalue weighted by Gasteiger charge is -2.32. The van der Waals surface area contributed by atoms with E-state index in [0.717, 1.165) is 25.4 Å². The Morgan fingerprint density at radius 1 is 1.71 bits per heavy atom. The summed E-state index contributed by atoms with van der Waals surface area (Å²) in [4.78, 5) is 13.9. The molecule has 0 aromatic carbocycles. The minimum atomic E-state index is 0.107. The molecule has 3 nitrogen and oxygen atoms in total. The molecule has 1 fully saturated rings. The summed E-state index contributed by atoms with van der Waals surface area (Å²) in [5, 5.41) is 3.64. The Hall–Kier alpha value is -0.220. The average Bonchev–Trinajstić information content (AvgIpc) is 2.17. The maximum Gasteiger partial charge on any atom is 0.226 e. The van der Waals surface area contributed by atoms with Gasteiger partial charge in [0.05, 0.1) is 0 Å². The monoisotopic (exact) mass is 216 g/mol. The Balaban J connectivity index is 2.42. The molecule has 0 saturated carbocycles. The zero-order valence-electron chi connectivity index (χ0n) is 9.25. The lowest BCUT2D eigenvalue weighted by atomic mass is 10.1. The maximum atomic E-state index is 11.9. The molecule has 1 amide bonds. The van der Waals surface area contributed by atoms with Crippen molar-refractivity contribution in [3.8, 4) is 0 Å². The number of hydrogen-bond acceptors (Lipinski definition) is 3. The molecular formula is C10H20N2OS. The second-order valence-electron chi connectivity index (χ2n) is 3.92. The Morgan fingerprint density at radius 3 is 3.00 bits per heavy atom. The largest absolute Gasteiger partial charge is 0.341 e. The van der Waals surface area contributed by atoms with Crippen LogP contribution in [0.1, 0.15) is 13.8 Å². The molecule has 82 valence electrons. The van der Waals surface area contributed by atoms with Gasteiger partial charge in [0, 0.05) is 36.6 Å². The molecule has 0 aromatic rings. The highest BCUT2D eigenvalue weighted by molar-refractivity contribution is 7.99. The maximum absolute atomic E-state index is 11.9. The Kier molecular flexibility index (Phi) is 4.75. The molecule has 0 aliphatic carbocycles. The quantitative estimate of drug-likeness (QED) is 0.757. The predicted molar refractivity (Wildman–Crippen MR) is 61.6 cm³/mol. The predicted octanol–water partition coefficient (Wildman–Crippen LogP) is 0.806. The van der Waals surface area contributed by atoms with Gasteiger partial charge in [0.1, 0.15) is 0 Å². The van der Waals surface area contributed by atoms with Gasteiger partial charge in [-0.25, -0.2) is 0 Å². The van der Waals surface area contributed by atoms with Gasteiger partial charge < -0.3 is 10.2 Å². The molecule has 2 atom stereocenters. The van der Waals surface area contributed by atoms with Gasteiger partial charge in [0.2, 0.25) is 5.91 Å². The van der Waals surface area contributed by atoms with Crippen molar-refractivity contribution in [1.29, 1.82) is 0 Å². The molecule has 2 unspecified atom stereocenters. The van der Waals surface area contributed by atoms with E-state index in [0.29, 0.717) is 11.2 Å². The van der Waals surface area contributed by atoms with Crippen LogP contribution in [0, 0.1) is 5.92 Å². The van der Waals surface area contributed by atoms with E-state index in [1.807, 2.05) is 30.6 Å². The average molecular weight is 216 g/mol. The third-order valence-corrected chi connectivity index (χ3v) is 3.62. The fraction of sp³-hybridized carbons (Fsp3) is 0.900. The van der Waals surface area contributed by atoms with Crippen LogP contribution >= 0.6 is 11.8 Å². The molecule has 0 spiro atoms. The molecule has 1 aliphatic heterocycles. The molecule has 0 aromatic heterocycles. The van der Waals surface area contributed by atoms with E-state index >= 15 is 0 Å². The lowest BCUT2D eigenvalue weighted by Crippen LogP contribution is -2.45. The summed E-state index contributed by atoms with van der Waals surface area (Å²) in [6, 6.07) is 0. The standard InChI is InChI=1S/C10H20N2OS/c1-8(6-11-3)10(13)12-4-5-14-9(2)7-12/h8-9,11H,4-7H2,1-3H3. The fourth-order valence-corrected chi connectivity index (χ4v) is 2.74. The van der Waals surface area contributed by atoms with Crippen LogP contribution in [-0.4, -0.2) is 48.5 Å². The van der Waals surface area contributed by atoms with Crippen molar-refractivity contribution in [2.45, 2.75) is 19.1 Å². The van der Waals surface area contributed by atoms with Crippen molar-refractivity contribution in [1.82, 2.24) is 10.2 Å². The number of hydrogen-bond donors (Lipinski definition) is 1. The Labute approximate surface area is 90.6 Å². The molecule has 1 heterocycles. The van der Waals surface area contributed by atoms with E-state index in [1.54, 1.807) is 0 Å². The number of nitrogens with zero attached hydrogens (tertiary/aromatic N) is 1. The normalized spacial score (nSPS) is 24.8. The van der Waals surface area contributed by atoms with E-state index in [1.165, 1.54) is 0 Å². The van der Waals surface area contributed by atoms with Gasteiger partial charge in [-0.15, -0.1) is 0 Å². The summed E-state index contributed by atoms with van der Waals surface area (Å²) in [6.45, 7) is 6.79. The van der Waals surface area contributed by atoms with Gasteiger partial charge >= 0.3 is 0 Å². The highest BCUT2D eigenvalue weighted by atomic mass is 32.2. The molecule has 1 N–H and O–H groups in total. The van der Waals surface area contributed by atoms with Crippen LogP contribution in [0.15, 0.2) is 0 Å². The van der Waals surface area contributed by atoms with Crippen LogP contribution in [0.2, 0.25) is 0 Å². The highest BCUT2D eigenvalue weighted by Gasteiger charge is 2.24. The van der Waals surface area contributed by atoms with E-state index in [9.17, 15) is 4.79 Å². The Morgan fingerprint density at radius 2 is 2.43 bits per heavy atom. The highest BCUT2D eigenvalue weighted by Crippen LogP contribution is 2.19. The second kappa shape index (κ2) is 5.61. The second-order valence-corrected chi connectivity index (χ2v) is 5.47. The number of carbonyl (C=O) groups excluding carboxylic acids is 1. The van der Waals surface area contributed by atoms with Crippen LogP contribution < -0.4 is 5.32 Å². The number of carbonyl (C=O) groups is 1. The van der Waals surface area contributed by atoms with Gasteiger partial charge in [-0.1, -0.05) is 13.8 Å². The van der Waals surface area contributed by atoms with Crippen molar-refractivity contribution in [3.63, 3.8) is 0 Å². The van der Waals surface area contributed by atoms with Gasteiger partial charge in [0.25, 0.3) is 0 Å². The molecule has 4 heteroatoms. The number of nitrogens with one attached hydrogen (secondary N) is 1. The molecule has 1 rings (SSSR count). The lowest BCUT2D eigenvalue weighted by molar-refractivity contribution is -0.134. The van der Waals surface area contributed by atoms with Crippen molar-refractivity contribution in [2.24, 2.45) is 5.92 Å². The Bertz CT molecular complexity index is 199. The van der Waals surface area contributed by atoms with Gasteiger partial charge in [0.15, 0.2) is 0 Å². The molecular weight excluding hydrogens is 196 g/mol. The van der Waals surface area contributed by atoms with Crippen LogP contribution in [0.5, 0.6) is 0 Å². The van der Waals surface area contributed by atoms with Crippen molar-refractivity contribution in [2.75, 3.05) is 32.4 Å². The van der Waals surface area contributed by atoms with Crippen LogP contribution in [0.3, 0.4) is 0 Å². The third kappa shape index (κ3) is 3.17. The minimum absolute atomic E-state index is 0.107. The first-order valence-electron chi connectivity index (χ1n) is 5.20. The van der Waals surface area contributed by atoms with E-state index in [4.69, 9.17) is 0 Å². The first-order chi connectivity index (χ1) is 6.65. The third-order valence-electron chi connectivity index (χ3n) is 2.48. The van der Waals surface area contributed by atoms with E-state index in [-0.39, 0.29) is 5.92 Å². The molecule has 1 aliphatic rings. The summed E-state index contributed by atoms with van der Waals surface area (Å²) in [5.74, 6) is 1.49. The molecule has 0 radical (unpaired) electrons. The van der Waals surface area contributed by atoms with Gasteiger partial charge in [-0.05, 0) is 7.05 Å². The molecule has 1 saturated heterocycles. The van der Waals surface area contributed by atoms with Crippen molar-refractivity contribution in [3.05, 3.63) is 0 Å². The summed E-state index contributed by atoms with van der Waals surface area (Å²) in [5.41, 5.74) is 0. The number of thioether (sulfide) groups is 1.